The van der Waals surface area contributed by atoms with Crippen molar-refractivity contribution in [2.75, 3.05) is 13.2 Å². The van der Waals surface area contributed by atoms with Crippen molar-refractivity contribution in [3.05, 3.63) is 24.3 Å². The molecule has 3 atom stereocenters. The third kappa shape index (κ3) is 60.2. The van der Waals surface area contributed by atoms with E-state index >= 15 is 0 Å². The van der Waals surface area contributed by atoms with Crippen molar-refractivity contribution < 1.29 is 29.6 Å². The summed E-state index contributed by atoms with van der Waals surface area (Å²) in [5.41, 5.74) is 0. The number of amides is 1. The molecule has 1 amide bonds. The number of hydrogen-bond donors (Lipinski definition) is 4. The van der Waals surface area contributed by atoms with Crippen molar-refractivity contribution >= 4 is 11.9 Å². The Morgan fingerprint density at radius 1 is 0.377 bits per heavy atom. The Bertz CT molecular complexity index is 1220. The van der Waals surface area contributed by atoms with Crippen molar-refractivity contribution in [2.45, 2.75) is 398 Å². The molecule has 0 aromatic heterocycles. The van der Waals surface area contributed by atoms with Crippen LogP contribution in [0.1, 0.15) is 380 Å². The van der Waals surface area contributed by atoms with Crippen LogP contribution in [0.15, 0.2) is 24.3 Å². The van der Waals surface area contributed by atoms with E-state index in [-0.39, 0.29) is 18.5 Å². The molecular weight excluding hydrogens is 951 g/mol. The molecule has 0 spiro atoms. The van der Waals surface area contributed by atoms with Crippen molar-refractivity contribution in [1.29, 1.82) is 0 Å². The van der Waals surface area contributed by atoms with Crippen molar-refractivity contribution in [2.24, 2.45) is 0 Å². The van der Waals surface area contributed by atoms with Gasteiger partial charge in [0.2, 0.25) is 5.91 Å². The maximum Gasteiger partial charge on any atom is 0.305 e. The largest absolute Gasteiger partial charge is 0.466 e. The van der Waals surface area contributed by atoms with Crippen LogP contribution in [0.4, 0.5) is 0 Å². The van der Waals surface area contributed by atoms with E-state index in [1.165, 1.54) is 283 Å². The average molecular weight is 1090 g/mol. The van der Waals surface area contributed by atoms with Gasteiger partial charge in [-0.3, -0.25) is 9.59 Å². The van der Waals surface area contributed by atoms with Crippen molar-refractivity contribution in [3.63, 3.8) is 0 Å². The first-order valence-electron chi connectivity index (χ1n) is 34.7. The standard InChI is InChI=1S/C70H135NO6/c1-3-5-7-9-11-13-15-17-33-37-41-45-49-53-57-61-67(73)70(76)66(65-72)71-68(74)62-58-54-50-46-42-38-35-31-29-27-25-23-21-19-20-22-24-26-28-30-32-36-40-44-48-52-56-60-64-77-69(75)63-59-55-51-47-43-39-34-18-16-14-12-10-8-6-4-2/h12,14,18,34,66-67,70,72-73,76H,3-11,13,15-17,19-33,35-65H2,1-2H3,(H,71,74)/b14-12-,34-18-/t66-,67+,70-/m0/s1. The summed E-state index contributed by atoms with van der Waals surface area (Å²) in [5, 5.41) is 33.8. The number of unbranched alkanes of at least 4 members (excludes halogenated alkanes) is 49. The van der Waals surface area contributed by atoms with Gasteiger partial charge in [-0.25, -0.2) is 0 Å². The third-order valence-electron chi connectivity index (χ3n) is 16.3. The molecule has 4 N–H and O–H groups in total. The number of carbonyl (C=O) groups excluding carboxylic acids is 2. The predicted octanol–water partition coefficient (Wildman–Crippen LogP) is 21.1. The minimum atomic E-state index is -1.14. The van der Waals surface area contributed by atoms with Crippen LogP contribution in [-0.2, 0) is 14.3 Å². The molecule has 0 fully saturated rings. The SMILES string of the molecule is CCCCC/C=C\C/C=C\CCCCCCCC(=O)OCCCCCCCCCCCCCCCCCCCCCCCCCCCCCCC(=O)N[C@@H](CO)[C@H](O)[C@H](O)CCCCCCCCCCCCCCCCC. The Morgan fingerprint density at radius 2 is 0.675 bits per heavy atom. The minimum Gasteiger partial charge on any atom is -0.466 e. The van der Waals surface area contributed by atoms with E-state index in [4.69, 9.17) is 4.74 Å². The molecule has 77 heavy (non-hydrogen) atoms. The molecule has 0 heterocycles. The first-order valence-corrected chi connectivity index (χ1v) is 34.7. The fourth-order valence-electron chi connectivity index (χ4n) is 11.0. The van der Waals surface area contributed by atoms with Gasteiger partial charge in [0.25, 0.3) is 0 Å². The number of nitrogens with one attached hydrogen (secondary N) is 1. The molecule has 0 unspecified atom stereocenters. The molecule has 0 aliphatic rings. The second-order valence-electron chi connectivity index (χ2n) is 24.0. The number of aliphatic hydroxyl groups excluding tert-OH is 3. The molecule has 0 bridgehead atoms. The highest BCUT2D eigenvalue weighted by molar-refractivity contribution is 5.76. The second kappa shape index (κ2) is 65.1. The average Bonchev–Trinajstić information content (AvgIpc) is 3.43. The zero-order valence-corrected chi connectivity index (χ0v) is 51.8. The van der Waals surface area contributed by atoms with E-state index in [1.807, 2.05) is 0 Å². The van der Waals surface area contributed by atoms with E-state index in [1.54, 1.807) is 0 Å². The maximum absolute atomic E-state index is 12.5. The van der Waals surface area contributed by atoms with Gasteiger partial charge in [-0.05, 0) is 57.8 Å². The first kappa shape index (κ1) is 75.3. The Balaban J connectivity index is 3.39. The lowest BCUT2D eigenvalue weighted by molar-refractivity contribution is -0.143. The van der Waals surface area contributed by atoms with E-state index in [0.717, 1.165) is 64.2 Å². The van der Waals surface area contributed by atoms with Gasteiger partial charge in [0.05, 0.1) is 25.4 Å². The molecule has 0 rings (SSSR count). The molecule has 0 saturated heterocycles. The number of carbonyl (C=O) groups is 2. The van der Waals surface area contributed by atoms with Gasteiger partial charge in [-0.15, -0.1) is 0 Å². The molecule has 0 aliphatic carbocycles. The maximum atomic E-state index is 12.5. The molecule has 0 aromatic carbocycles. The number of ether oxygens (including phenoxy) is 1. The van der Waals surface area contributed by atoms with Crippen LogP contribution in [0.25, 0.3) is 0 Å². The third-order valence-corrected chi connectivity index (χ3v) is 16.3. The van der Waals surface area contributed by atoms with Gasteiger partial charge in [0.15, 0.2) is 0 Å². The molecule has 0 radical (unpaired) electrons. The highest BCUT2D eigenvalue weighted by atomic mass is 16.5. The zero-order valence-electron chi connectivity index (χ0n) is 51.8. The number of allylic oxidation sites excluding steroid dienone is 4. The van der Waals surface area contributed by atoms with Gasteiger partial charge in [-0.1, -0.05) is 334 Å². The van der Waals surface area contributed by atoms with Gasteiger partial charge in [0.1, 0.15) is 6.10 Å². The number of esters is 1. The number of aliphatic hydroxyl groups is 3. The molecule has 7 nitrogen and oxygen atoms in total. The fourth-order valence-corrected chi connectivity index (χ4v) is 11.0. The summed E-state index contributed by atoms with van der Waals surface area (Å²) in [6.45, 7) is 4.77. The summed E-state index contributed by atoms with van der Waals surface area (Å²) in [6, 6.07) is -0.812. The van der Waals surface area contributed by atoms with Crippen LogP contribution in [0.2, 0.25) is 0 Å². The summed E-state index contributed by atoms with van der Waals surface area (Å²) < 4.78 is 5.49. The summed E-state index contributed by atoms with van der Waals surface area (Å²) >= 11 is 0. The van der Waals surface area contributed by atoms with E-state index < -0.39 is 18.2 Å². The fraction of sp³-hybridized carbons (Fsp3) is 0.914. The molecular formula is C70H135NO6. The van der Waals surface area contributed by atoms with E-state index in [0.29, 0.717) is 25.9 Å². The zero-order chi connectivity index (χ0) is 55.8. The summed E-state index contributed by atoms with van der Waals surface area (Å²) in [4.78, 5) is 24.6. The van der Waals surface area contributed by atoms with Crippen LogP contribution >= 0.6 is 0 Å². The molecule has 0 saturated carbocycles. The van der Waals surface area contributed by atoms with Crippen LogP contribution in [0.5, 0.6) is 0 Å². The normalized spacial score (nSPS) is 13.1. The Labute approximate surface area is 480 Å². The second-order valence-corrected chi connectivity index (χ2v) is 24.0. The summed E-state index contributed by atoms with van der Waals surface area (Å²) in [6.07, 6.45) is 78.1. The predicted molar refractivity (Wildman–Crippen MR) is 335 cm³/mol. The molecule has 0 aromatic rings. The van der Waals surface area contributed by atoms with E-state index in [2.05, 4.69) is 43.5 Å². The van der Waals surface area contributed by atoms with Crippen LogP contribution in [-0.4, -0.2) is 58.7 Å². The molecule has 7 heteroatoms. The van der Waals surface area contributed by atoms with Gasteiger partial charge < -0.3 is 25.4 Å². The Hall–Kier alpha value is -1.70. The van der Waals surface area contributed by atoms with Crippen LogP contribution < -0.4 is 5.32 Å². The quantitative estimate of drug-likeness (QED) is 0.0274. The van der Waals surface area contributed by atoms with Crippen LogP contribution in [0.3, 0.4) is 0 Å². The van der Waals surface area contributed by atoms with Gasteiger partial charge in [-0.2, -0.15) is 0 Å². The van der Waals surface area contributed by atoms with Gasteiger partial charge >= 0.3 is 5.97 Å². The number of rotatable bonds is 65. The monoisotopic (exact) mass is 1090 g/mol. The summed E-state index contributed by atoms with van der Waals surface area (Å²) in [5.74, 6) is -0.140. The van der Waals surface area contributed by atoms with Crippen molar-refractivity contribution in [1.82, 2.24) is 5.32 Å². The lowest BCUT2D eigenvalue weighted by atomic mass is 9.99. The first-order chi connectivity index (χ1) is 38.0. The Morgan fingerprint density at radius 3 is 1.05 bits per heavy atom. The molecule has 456 valence electrons. The lowest BCUT2D eigenvalue weighted by Gasteiger charge is -2.26. The topological polar surface area (TPSA) is 116 Å². The minimum absolute atomic E-state index is 0.00248. The van der Waals surface area contributed by atoms with Crippen LogP contribution in [0, 0.1) is 0 Å². The lowest BCUT2D eigenvalue weighted by Crippen LogP contribution is -2.50. The van der Waals surface area contributed by atoms with E-state index in [9.17, 15) is 24.9 Å². The van der Waals surface area contributed by atoms with Crippen molar-refractivity contribution in [3.8, 4) is 0 Å². The number of hydrogen-bond acceptors (Lipinski definition) is 6. The molecule has 0 aliphatic heterocycles. The summed E-state index contributed by atoms with van der Waals surface area (Å²) in [7, 11) is 0. The smallest absolute Gasteiger partial charge is 0.305 e. The Kier molecular flexibility index (Phi) is 63.7. The van der Waals surface area contributed by atoms with Gasteiger partial charge in [0, 0.05) is 12.8 Å². The highest BCUT2D eigenvalue weighted by Gasteiger charge is 2.27. The highest BCUT2D eigenvalue weighted by Crippen LogP contribution is 2.19.